The number of nitrogens with one attached hydrogen (secondary N) is 1. The van der Waals surface area contributed by atoms with Gasteiger partial charge in [0, 0.05) is 11.1 Å². The van der Waals surface area contributed by atoms with Gasteiger partial charge in [-0.15, -0.1) is 0 Å². The van der Waals surface area contributed by atoms with Crippen molar-refractivity contribution in [3.05, 3.63) is 74.7 Å². The zero-order valence-electron chi connectivity index (χ0n) is 18.9. The van der Waals surface area contributed by atoms with E-state index in [1.54, 1.807) is 37.3 Å². The summed E-state index contributed by atoms with van der Waals surface area (Å²) in [5, 5.41) is 21.8. The van der Waals surface area contributed by atoms with Gasteiger partial charge in [-0.25, -0.2) is 4.79 Å². The number of carbonyl (C=O) groups is 2. The highest BCUT2D eigenvalue weighted by Crippen LogP contribution is 2.41. The fourth-order valence-electron chi connectivity index (χ4n) is 3.42. The molecule has 0 saturated carbocycles. The van der Waals surface area contributed by atoms with Crippen LogP contribution in [-0.2, 0) is 4.79 Å². The minimum Gasteiger partial charge on any atom is -0.508 e. The van der Waals surface area contributed by atoms with E-state index in [9.17, 15) is 19.8 Å². The fourth-order valence-corrected chi connectivity index (χ4v) is 4.77. The summed E-state index contributed by atoms with van der Waals surface area (Å²) in [5.74, 6) is 0.0364. The van der Waals surface area contributed by atoms with E-state index in [4.69, 9.17) is 4.74 Å². The minimum atomic E-state index is -1.07. The molecule has 8 heteroatoms. The van der Waals surface area contributed by atoms with Crippen molar-refractivity contribution in [2.75, 3.05) is 0 Å². The number of amides is 1. The molecule has 0 fully saturated rings. The Morgan fingerprint density at radius 3 is 2.26 bits per heavy atom. The first-order chi connectivity index (χ1) is 16.1. The molecule has 0 aliphatic rings. The predicted octanol–water partition coefficient (Wildman–Crippen LogP) is 7.09. The summed E-state index contributed by atoms with van der Waals surface area (Å²) in [7, 11) is 0. The molecule has 178 valence electrons. The van der Waals surface area contributed by atoms with Crippen LogP contribution in [0.3, 0.4) is 0 Å². The molecular weight excluding hydrogens is 566 g/mol. The Balaban J connectivity index is 1.88. The molecule has 3 rings (SSSR count). The largest absolute Gasteiger partial charge is 0.508 e. The van der Waals surface area contributed by atoms with Gasteiger partial charge < -0.3 is 20.3 Å². The third kappa shape index (κ3) is 5.98. The van der Waals surface area contributed by atoms with Gasteiger partial charge in [0.2, 0.25) is 0 Å². The van der Waals surface area contributed by atoms with Gasteiger partial charge in [0.1, 0.15) is 17.5 Å². The van der Waals surface area contributed by atoms with Crippen LogP contribution in [0.15, 0.2) is 63.5 Å². The van der Waals surface area contributed by atoms with E-state index in [1.165, 1.54) is 0 Å². The van der Waals surface area contributed by atoms with E-state index in [2.05, 4.69) is 37.2 Å². The van der Waals surface area contributed by atoms with Gasteiger partial charge in [0.15, 0.2) is 5.75 Å². The number of ether oxygens (including phenoxy) is 1. The van der Waals surface area contributed by atoms with E-state index in [0.717, 1.165) is 16.7 Å². The van der Waals surface area contributed by atoms with Gasteiger partial charge in [-0.05, 0) is 97.8 Å². The van der Waals surface area contributed by atoms with Crippen LogP contribution in [0.25, 0.3) is 11.1 Å². The second-order valence-corrected chi connectivity index (χ2v) is 9.81. The van der Waals surface area contributed by atoms with E-state index < -0.39 is 17.9 Å². The van der Waals surface area contributed by atoms with Crippen molar-refractivity contribution in [1.29, 1.82) is 0 Å². The van der Waals surface area contributed by atoms with Crippen LogP contribution >= 0.6 is 31.9 Å². The first-order valence-electron chi connectivity index (χ1n) is 10.7. The van der Waals surface area contributed by atoms with Crippen molar-refractivity contribution in [1.82, 2.24) is 5.32 Å². The molecule has 1 atom stereocenters. The van der Waals surface area contributed by atoms with Gasteiger partial charge in [-0.1, -0.05) is 32.9 Å². The SMILES string of the molecule is CCC(NC(=O)c1cccc(-c2cc(Br)c(Oc3ccc(O)c(C(C)C)c3)c(Br)c2)c1)C(=O)O. The van der Waals surface area contributed by atoms with Crippen molar-refractivity contribution in [3.8, 4) is 28.4 Å². The minimum absolute atomic E-state index is 0.144. The molecule has 0 aliphatic carbocycles. The van der Waals surface area contributed by atoms with E-state index >= 15 is 0 Å². The molecule has 0 aliphatic heterocycles. The highest BCUT2D eigenvalue weighted by atomic mass is 79.9. The number of halogens is 2. The average Bonchev–Trinajstić information content (AvgIpc) is 2.80. The van der Waals surface area contributed by atoms with E-state index in [1.807, 2.05) is 38.1 Å². The summed E-state index contributed by atoms with van der Waals surface area (Å²) in [5.41, 5.74) is 2.79. The third-order valence-corrected chi connectivity index (χ3v) is 6.49. The maximum absolute atomic E-state index is 12.6. The smallest absolute Gasteiger partial charge is 0.326 e. The van der Waals surface area contributed by atoms with Gasteiger partial charge in [0.05, 0.1) is 8.95 Å². The molecule has 3 aromatic rings. The van der Waals surface area contributed by atoms with Crippen molar-refractivity contribution in [2.45, 2.75) is 39.2 Å². The monoisotopic (exact) mass is 589 g/mol. The lowest BCUT2D eigenvalue weighted by Gasteiger charge is -2.15. The van der Waals surface area contributed by atoms with Crippen LogP contribution in [0.4, 0.5) is 0 Å². The number of hydrogen-bond acceptors (Lipinski definition) is 4. The molecule has 1 unspecified atom stereocenters. The van der Waals surface area contributed by atoms with Crippen LogP contribution in [0.5, 0.6) is 17.2 Å². The fraction of sp³-hybridized carbons (Fsp3) is 0.231. The normalized spacial score (nSPS) is 11.8. The predicted molar refractivity (Wildman–Crippen MR) is 139 cm³/mol. The molecular formula is C26H25Br2NO5. The molecule has 3 aromatic carbocycles. The first-order valence-corrected chi connectivity index (χ1v) is 12.3. The Hall–Kier alpha value is -2.84. The molecule has 0 saturated heterocycles. The third-order valence-electron chi connectivity index (χ3n) is 5.31. The van der Waals surface area contributed by atoms with E-state index in [0.29, 0.717) is 32.4 Å². The number of carboxylic acids is 1. The lowest BCUT2D eigenvalue weighted by atomic mass is 10.0. The number of carbonyl (C=O) groups excluding carboxylic acids is 1. The van der Waals surface area contributed by atoms with Crippen molar-refractivity contribution < 1.29 is 24.5 Å². The van der Waals surface area contributed by atoms with Crippen LogP contribution in [0.1, 0.15) is 49.0 Å². The zero-order chi connectivity index (χ0) is 25.0. The topological polar surface area (TPSA) is 95.9 Å². The number of aliphatic carboxylic acids is 1. The molecule has 1 amide bonds. The second kappa shape index (κ2) is 11.1. The Kier molecular flexibility index (Phi) is 8.38. The summed E-state index contributed by atoms with van der Waals surface area (Å²) in [6.07, 6.45) is 0.293. The van der Waals surface area contributed by atoms with E-state index in [-0.39, 0.29) is 11.7 Å². The molecule has 0 radical (unpaired) electrons. The molecule has 0 aromatic heterocycles. The summed E-state index contributed by atoms with van der Waals surface area (Å²) in [4.78, 5) is 23.8. The summed E-state index contributed by atoms with van der Waals surface area (Å²) >= 11 is 7.14. The zero-order valence-corrected chi connectivity index (χ0v) is 22.1. The first kappa shape index (κ1) is 25.8. The van der Waals surface area contributed by atoms with Gasteiger partial charge in [-0.2, -0.15) is 0 Å². The summed E-state index contributed by atoms with van der Waals surface area (Å²) in [6, 6.07) is 14.9. The quantitative estimate of drug-likeness (QED) is 0.260. The molecule has 6 nitrogen and oxygen atoms in total. The standard InChI is InChI=1S/C26H25Br2NO5/c1-4-22(26(32)33)29-25(31)16-7-5-6-15(10-16)17-11-20(27)24(21(28)12-17)34-18-8-9-23(30)19(13-18)14(2)3/h5-14,22,30H,4H2,1-3H3,(H,29,31)(H,32,33). The van der Waals surface area contributed by atoms with Crippen molar-refractivity contribution in [3.63, 3.8) is 0 Å². The maximum atomic E-state index is 12.6. The number of hydrogen-bond donors (Lipinski definition) is 3. The number of rotatable bonds is 8. The molecule has 34 heavy (non-hydrogen) atoms. The molecule has 0 heterocycles. The number of phenols is 1. The van der Waals surface area contributed by atoms with Crippen LogP contribution in [0, 0.1) is 0 Å². The Morgan fingerprint density at radius 1 is 1.00 bits per heavy atom. The summed E-state index contributed by atoms with van der Waals surface area (Å²) < 4.78 is 7.49. The second-order valence-electron chi connectivity index (χ2n) is 8.10. The molecule has 0 spiro atoms. The van der Waals surface area contributed by atoms with Gasteiger partial charge >= 0.3 is 5.97 Å². The number of phenolic OH excluding ortho intramolecular Hbond substituents is 1. The van der Waals surface area contributed by atoms with Crippen molar-refractivity contribution >= 4 is 43.7 Å². The lowest BCUT2D eigenvalue weighted by Crippen LogP contribution is -2.40. The van der Waals surface area contributed by atoms with Crippen LogP contribution in [-0.4, -0.2) is 28.1 Å². The highest BCUT2D eigenvalue weighted by molar-refractivity contribution is 9.11. The average molecular weight is 591 g/mol. The van der Waals surface area contributed by atoms with Gasteiger partial charge in [0.25, 0.3) is 5.91 Å². The Morgan fingerprint density at radius 2 is 1.68 bits per heavy atom. The highest BCUT2D eigenvalue weighted by Gasteiger charge is 2.19. The number of aromatic hydroxyl groups is 1. The maximum Gasteiger partial charge on any atom is 0.326 e. The number of benzene rings is 3. The van der Waals surface area contributed by atoms with Crippen molar-refractivity contribution in [2.24, 2.45) is 0 Å². The lowest BCUT2D eigenvalue weighted by molar-refractivity contribution is -0.139. The number of carboxylic acid groups (broad SMARTS) is 1. The van der Waals surface area contributed by atoms with Gasteiger partial charge in [-0.3, -0.25) is 4.79 Å². The molecule has 3 N–H and O–H groups in total. The Labute approximate surface area is 215 Å². The van der Waals surface area contributed by atoms with Crippen LogP contribution in [0.2, 0.25) is 0 Å². The molecule has 0 bridgehead atoms. The Bertz CT molecular complexity index is 1200. The van der Waals surface area contributed by atoms with Crippen LogP contribution < -0.4 is 10.1 Å². The summed E-state index contributed by atoms with van der Waals surface area (Å²) in [6.45, 7) is 5.70.